The Morgan fingerprint density at radius 1 is 1.00 bits per heavy atom. The van der Waals surface area contributed by atoms with Gasteiger partial charge < -0.3 is 18.9 Å². The first-order chi connectivity index (χ1) is 20.6. The minimum atomic E-state index is -0.499. The fourth-order valence-corrected chi connectivity index (χ4v) is 8.53. The Bertz CT molecular complexity index is 1490. The Morgan fingerprint density at radius 2 is 1.61 bits per heavy atom. The van der Waals surface area contributed by atoms with Gasteiger partial charge in [-0.2, -0.15) is 0 Å². The highest BCUT2D eigenvalue weighted by atomic mass is 35.5. The molecule has 3 unspecified atom stereocenters. The number of amides is 1. The highest BCUT2D eigenvalue weighted by Crippen LogP contribution is 2.50. The van der Waals surface area contributed by atoms with Gasteiger partial charge in [-0.1, -0.05) is 17.7 Å². The third-order valence-corrected chi connectivity index (χ3v) is 11.4. The quantitative estimate of drug-likeness (QED) is 0.399. The van der Waals surface area contributed by atoms with Gasteiger partial charge in [0.15, 0.2) is 0 Å². The molecule has 1 aromatic carbocycles. The van der Waals surface area contributed by atoms with E-state index in [1.165, 1.54) is 16.7 Å². The van der Waals surface area contributed by atoms with Gasteiger partial charge in [0.05, 0.1) is 29.0 Å². The van der Waals surface area contributed by atoms with Crippen molar-refractivity contribution in [3.63, 3.8) is 0 Å². The minimum Gasteiger partial charge on any atom is -0.444 e. The van der Waals surface area contributed by atoms with Crippen molar-refractivity contribution in [2.45, 2.75) is 135 Å². The van der Waals surface area contributed by atoms with Gasteiger partial charge in [-0.3, -0.25) is 4.90 Å². The molecule has 3 aliphatic heterocycles. The lowest BCUT2D eigenvalue weighted by Gasteiger charge is -2.43. The SMILES string of the molecule is Cc1nc2c(c(N3CC4CCC(C3)N4C(=O)OC(C)(C)C)n1)CCC1(CCc3c(Cl)cc(B4OC(C)(C)C(C)(C)O4)cc31)C2. The molecular weight excluding hydrogens is 575 g/mol. The molecule has 0 saturated carbocycles. The Morgan fingerprint density at radius 3 is 2.23 bits per heavy atom. The Balaban J connectivity index is 1.17. The van der Waals surface area contributed by atoms with Crippen molar-refractivity contribution in [3.8, 4) is 0 Å². The minimum absolute atomic E-state index is 0.0157. The maximum atomic E-state index is 13.1. The average molecular weight is 621 g/mol. The van der Waals surface area contributed by atoms with Crippen LogP contribution in [-0.4, -0.2) is 70.1 Å². The molecule has 8 nitrogen and oxygen atoms in total. The molecule has 5 aliphatic rings. The lowest BCUT2D eigenvalue weighted by Crippen LogP contribution is -2.57. The van der Waals surface area contributed by atoms with Crippen LogP contribution in [0.4, 0.5) is 10.6 Å². The predicted octanol–water partition coefficient (Wildman–Crippen LogP) is 5.70. The Labute approximate surface area is 267 Å². The zero-order chi connectivity index (χ0) is 31.4. The number of ether oxygens (including phenoxy) is 1. The van der Waals surface area contributed by atoms with E-state index in [1.54, 1.807) is 0 Å². The number of aromatic nitrogens is 2. The highest BCUT2D eigenvalue weighted by molar-refractivity contribution is 6.62. The van der Waals surface area contributed by atoms with E-state index in [0.717, 1.165) is 85.9 Å². The zero-order valence-corrected chi connectivity index (χ0v) is 28.3. The molecule has 44 heavy (non-hydrogen) atoms. The molecule has 4 heterocycles. The second kappa shape index (κ2) is 10.1. The number of anilines is 1. The summed E-state index contributed by atoms with van der Waals surface area (Å²) in [6.07, 6.45) is 6.66. The monoisotopic (exact) mass is 620 g/mol. The molecule has 3 saturated heterocycles. The van der Waals surface area contributed by atoms with E-state index in [9.17, 15) is 4.79 Å². The summed E-state index contributed by atoms with van der Waals surface area (Å²) in [7, 11) is -0.442. The van der Waals surface area contributed by atoms with Gasteiger partial charge in [-0.25, -0.2) is 14.8 Å². The molecule has 1 aromatic heterocycles. The fourth-order valence-electron chi connectivity index (χ4n) is 8.21. The maximum Gasteiger partial charge on any atom is 0.494 e. The van der Waals surface area contributed by atoms with Gasteiger partial charge >= 0.3 is 13.2 Å². The number of piperazine rings is 1. The zero-order valence-electron chi connectivity index (χ0n) is 27.6. The van der Waals surface area contributed by atoms with Crippen LogP contribution in [0.3, 0.4) is 0 Å². The van der Waals surface area contributed by atoms with Crippen LogP contribution in [0, 0.1) is 6.92 Å². The lowest BCUT2D eigenvalue weighted by atomic mass is 9.67. The summed E-state index contributed by atoms with van der Waals surface area (Å²) in [5.41, 5.74) is 4.69. The van der Waals surface area contributed by atoms with Crippen LogP contribution in [0.15, 0.2) is 12.1 Å². The lowest BCUT2D eigenvalue weighted by molar-refractivity contribution is 0.00578. The van der Waals surface area contributed by atoms with Crippen molar-refractivity contribution >= 4 is 36.1 Å². The second-order valence-corrected chi connectivity index (χ2v) is 16.2. The Kier molecular flexibility index (Phi) is 6.94. The summed E-state index contributed by atoms with van der Waals surface area (Å²) in [6, 6.07) is 4.64. The first kappa shape index (κ1) is 30.3. The number of rotatable bonds is 2. The van der Waals surface area contributed by atoms with E-state index < -0.39 is 23.9 Å². The number of carbonyl (C=O) groups excluding carboxylic acids is 1. The van der Waals surface area contributed by atoms with Crippen LogP contribution in [-0.2, 0) is 38.7 Å². The van der Waals surface area contributed by atoms with Crippen molar-refractivity contribution < 1.29 is 18.8 Å². The van der Waals surface area contributed by atoms with Crippen LogP contribution in [0.5, 0.6) is 0 Å². The largest absolute Gasteiger partial charge is 0.494 e. The summed E-state index contributed by atoms with van der Waals surface area (Å²) in [5.74, 6) is 1.87. The molecule has 1 spiro atoms. The number of aryl methyl sites for hydroxylation is 1. The Hall–Kier alpha value is -2.36. The van der Waals surface area contributed by atoms with Crippen LogP contribution in [0.25, 0.3) is 0 Å². The summed E-state index contributed by atoms with van der Waals surface area (Å²) >= 11 is 6.97. The standard InChI is InChI=1S/C34H46BClN4O4/c1-20-37-28-17-34(13-11-24-26(34)15-21(16-27(24)36)35-43-32(5,6)33(7,8)44-35)14-12-25(28)29(38-20)39-18-22-9-10-23(19-39)40(22)30(41)42-31(2,3)4/h15-16,22-23H,9-14,17-19H2,1-8H3. The summed E-state index contributed by atoms with van der Waals surface area (Å²) in [4.78, 5) is 27.6. The summed E-state index contributed by atoms with van der Waals surface area (Å²) in [5, 5.41) is 0.813. The van der Waals surface area contributed by atoms with Gasteiger partial charge in [-0.15, -0.1) is 0 Å². The van der Waals surface area contributed by atoms with E-state index in [4.69, 9.17) is 35.6 Å². The summed E-state index contributed by atoms with van der Waals surface area (Å²) < 4.78 is 18.6. The molecule has 3 atom stereocenters. The first-order valence-corrected chi connectivity index (χ1v) is 16.7. The van der Waals surface area contributed by atoms with E-state index >= 15 is 0 Å². The molecule has 0 N–H and O–H groups in total. The van der Waals surface area contributed by atoms with E-state index in [1.807, 2.05) is 38.7 Å². The van der Waals surface area contributed by atoms with Crippen molar-refractivity contribution in [2.24, 2.45) is 0 Å². The fraction of sp³-hybridized carbons (Fsp3) is 0.676. The second-order valence-electron chi connectivity index (χ2n) is 15.8. The highest BCUT2D eigenvalue weighted by Gasteiger charge is 2.53. The molecule has 2 bridgehead atoms. The van der Waals surface area contributed by atoms with Gasteiger partial charge in [0.1, 0.15) is 17.2 Å². The molecule has 0 radical (unpaired) electrons. The number of hydrogen-bond acceptors (Lipinski definition) is 7. The predicted molar refractivity (Wildman–Crippen MR) is 173 cm³/mol. The number of nitrogens with zero attached hydrogens (tertiary/aromatic N) is 4. The molecule has 3 fully saturated rings. The van der Waals surface area contributed by atoms with E-state index in [2.05, 4.69) is 38.7 Å². The normalized spacial score (nSPS) is 28.4. The molecule has 2 aromatic rings. The number of carbonyl (C=O) groups is 1. The third kappa shape index (κ3) is 4.92. The van der Waals surface area contributed by atoms with Gasteiger partial charge in [0, 0.05) is 29.1 Å². The molecule has 2 aliphatic carbocycles. The third-order valence-electron chi connectivity index (χ3n) is 11.1. The average Bonchev–Trinajstić information content (AvgIpc) is 3.48. The topological polar surface area (TPSA) is 77.0 Å². The van der Waals surface area contributed by atoms with Crippen LogP contribution in [0.2, 0.25) is 5.02 Å². The molecule has 7 rings (SSSR count). The van der Waals surface area contributed by atoms with Gasteiger partial charge in [0.2, 0.25) is 0 Å². The van der Waals surface area contributed by atoms with E-state index in [0.29, 0.717) is 0 Å². The van der Waals surface area contributed by atoms with Gasteiger partial charge in [-0.05, 0) is 123 Å². The van der Waals surface area contributed by atoms with Crippen molar-refractivity contribution in [1.82, 2.24) is 14.9 Å². The molecule has 236 valence electrons. The number of halogens is 1. The van der Waals surface area contributed by atoms with Crippen molar-refractivity contribution in [2.75, 3.05) is 18.0 Å². The van der Waals surface area contributed by atoms with Crippen molar-refractivity contribution in [1.29, 1.82) is 0 Å². The van der Waals surface area contributed by atoms with Gasteiger partial charge in [0.25, 0.3) is 0 Å². The number of hydrogen-bond donors (Lipinski definition) is 0. The smallest absolute Gasteiger partial charge is 0.444 e. The van der Waals surface area contributed by atoms with Crippen LogP contribution < -0.4 is 10.4 Å². The summed E-state index contributed by atoms with van der Waals surface area (Å²) in [6.45, 7) is 17.7. The van der Waals surface area contributed by atoms with E-state index in [-0.39, 0.29) is 23.6 Å². The molecule has 1 amide bonds. The number of fused-ring (bicyclic) bond motifs is 5. The molecule has 10 heteroatoms. The van der Waals surface area contributed by atoms with Crippen LogP contribution in [0.1, 0.15) is 102 Å². The molecular formula is C34H46BClN4O4. The maximum absolute atomic E-state index is 13.1. The number of benzene rings is 1. The van der Waals surface area contributed by atoms with Crippen LogP contribution >= 0.6 is 11.6 Å². The first-order valence-electron chi connectivity index (χ1n) is 16.4. The van der Waals surface area contributed by atoms with Crippen molar-refractivity contribution in [3.05, 3.63) is 45.4 Å².